The molecule has 0 saturated heterocycles. The van der Waals surface area contributed by atoms with Crippen LogP contribution in [-0.4, -0.2) is 29.3 Å². The molecule has 0 spiro atoms. The molecule has 1 heterocycles. The third kappa shape index (κ3) is 3.87. The fourth-order valence-electron chi connectivity index (χ4n) is 1.55. The molecule has 106 valence electrons. The van der Waals surface area contributed by atoms with Gasteiger partial charge in [-0.3, -0.25) is 4.79 Å². The zero-order valence-electron chi connectivity index (χ0n) is 10.4. The molecule has 0 fully saturated rings. The summed E-state index contributed by atoms with van der Waals surface area (Å²) in [6.45, 7) is 0.256. The van der Waals surface area contributed by atoms with Crippen LogP contribution in [-0.2, 0) is 27.9 Å². The van der Waals surface area contributed by atoms with Crippen LogP contribution < -0.4 is 10.5 Å². The molecule has 2 aromatic rings. The van der Waals surface area contributed by atoms with Gasteiger partial charge in [-0.25, -0.2) is 18.2 Å². The van der Waals surface area contributed by atoms with Gasteiger partial charge in [0.1, 0.15) is 6.54 Å². The van der Waals surface area contributed by atoms with Crippen LogP contribution in [0.3, 0.4) is 0 Å². The summed E-state index contributed by atoms with van der Waals surface area (Å²) >= 11 is 0. The van der Waals surface area contributed by atoms with Crippen LogP contribution in [0, 0.1) is 0 Å². The Morgan fingerprint density at radius 3 is 2.85 bits per heavy atom. The van der Waals surface area contributed by atoms with Crippen molar-refractivity contribution in [3.63, 3.8) is 0 Å². The summed E-state index contributed by atoms with van der Waals surface area (Å²) in [7, 11) is -3.74. The van der Waals surface area contributed by atoms with E-state index in [1.807, 2.05) is 0 Å². The summed E-state index contributed by atoms with van der Waals surface area (Å²) in [5.74, 6) is -0.253. The lowest BCUT2D eigenvalue weighted by Crippen LogP contribution is -2.27. The molecule has 0 unspecified atom stereocenters. The zero-order chi connectivity index (χ0) is 14.6. The Labute approximate surface area is 115 Å². The van der Waals surface area contributed by atoms with Gasteiger partial charge in [0.05, 0.1) is 11.1 Å². The number of rotatable bonds is 5. The van der Waals surface area contributed by atoms with Gasteiger partial charge in [0, 0.05) is 12.7 Å². The molecule has 9 heteroatoms. The van der Waals surface area contributed by atoms with Gasteiger partial charge in [-0.2, -0.15) is 0 Å². The average molecular weight is 295 g/mol. The summed E-state index contributed by atoms with van der Waals surface area (Å²) in [6.07, 6.45) is 3.05. The molecule has 0 aliphatic carbocycles. The molecule has 8 nitrogen and oxygen atoms in total. The minimum atomic E-state index is -3.74. The first-order chi connectivity index (χ1) is 9.45. The van der Waals surface area contributed by atoms with E-state index in [-0.39, 0.29) is 23.9 Å². The van der Waals surface area contributed by atoms with Crippen LogP contribution in [0.5, 0.6) is 0 Å². The number of aromatic nitrogens is 3. The summed E-state index contributed by atoms with van der Waals surface area (Å²) in [4.78, 5) is 11.6. The molecule has 0 atom stereocenters. The Kier molecular flexibility index (Phi) is 4.11. The minimum absolute atomic E-state index is 0.0144. The Balaban J connectivity index is 1.96. The Morgan fingerprint density at radius 1 is 1.40 bits per heavy atom. The number of benzene rings is 1. The summed E-state index contributed by atoms with van der Waals surface area (Å²) in [5, 5.41) is 14.9. The van der Waals surface area contributed by atoms with Gasteiger partial charge >= 0.3 is 0 Å². The number of nitrogens with zero attached hydrogens (tertiary/aromatic N) is 3. The van der Waals surface area contributed by atoms with Crippen molar-refractivity contribution >= 4 is 15.9 Å². The maximum Gasteiger partial charge on any atom is 0.242 e. The van der Waals surface area contributed by atoms with Gasteiger partial charge < -0.3 is 5.32 Å². The van der Waals surface area contributed by atoms with Crippen molar-refractivity contribution in [3.8, 4) is 0 Å². The number of primary sulfonamides is 1. The van der Waals surface area contributed by atoms with Gasteiger partial charge in [0.25, 0.3) is 0 Å². The van der Waals surface area contributed by atoms with Crippen LogP contribution in [0.15, 0.2) is 41.6 Å². The quantitative estimate of drug-likeness (QED) is 0.751. The standard InChI is InChI=1S/C11H13N5O3S/c12-20(18,19)10-3-1-2-9(6-10)7-13-11(17)8-16-5-4-14-15-16/h1-6H,7-8H2,(H,13,17)(H2,12,18,19). The number of carbonyl (C=O) groups excluding carboxylic acids is 1. The summed E-state index contributed by atoms with van der Waals surface area (Å²) in [6, 6.07) is 6.09. The molecule has 0 aliphatic rings. The smallest absolute Gasteiger partial charge is 0.242 e. The minimum Gasteiger partial charge on any atom is -0.350 e. The Bertz CT molecular complexity index is 697. The van der Waals surface area contributed by atoms with Crippen molar-refractivity contribution in [1.29, 1.82) is 0 Å². The second-order valence-corrected chi connectivity index (χ2v) is 5.63. The van der Waals surface area contributed by atoms with Crippen LogP contribution in [0.1, 0.15) is 5.56 Å². The van der Waals surface area contributed by atoms with Crippen LogP contribution in [0.25, 0.3) is 0 Å². The third-order valence-corrected chi connectivity index (χ3v) is 3.41. The lowest BCUT2D eigenvalue weighted by molar-refractivity contribution is -0.122. The van der Waals surface area contributed by atoms with Gasteiger partial charge in [-0.15, -0.1) is 5.10 Å². The van der Waals surface area contributed by atoms with Gasteiger partial charge in [-0.05, 0) is 17.7 Å². The number of carbonyl (C=O) groups is 1. The molecular formula is C11H13N5O3S. The highest BCUT2D eigenvalue weighted by Gasteiger charge is 2.08. The third-order valence-electron chi connectivity index (χ3n) is 2.49. The SMILES string of the molecule is NS(=O)(=O)c1cccc(CNC(=O)Cn2ccnn2)c1. The fraction of sp³-hybridized carbons (Fsp3) is 0.182. The molecule has 1 aromatic heterocycles. The van der Waals surface area contributed by atoms with Crippen LogP contribution in [0.2, 0.25) is 0 Å². The molecular weight excluding hydrogens is 282 g/mol. The predicted octanol–water partition coefficient (Wildman–Crippen LogP) is -0.758. The number of nitrogens with one attached hydrogen (secondary N) is 1. The zero-order valence-corrected chi connectivity index (χ0v) is 11.2. The fourth-order valence-corrected chi connectivity index (χ4v) is 2.14. The van der Waals surface area contributed by atoms with E-state index < -0.39 is 10.0 Å². The van der Waals surface area contributed by atoms with Crippen LogP contribution >= 0.6 is 0 Å². The maximum absolute atomic E-state index is 11.6. The first kappa shape index (κ1) is 14.2. The van der Waals surface area contributed by atoms with Crippen molar-refractivity contribution in [2.45, 2.75) is 18.0 Å². The largest absolute Gasteiger partial charge is 0.350 e. The van der Waals surface area contributed by atoms with Gasteiger partial charge in [-0.1, -0.05) is 17.3 Å². The molecule has 1 amide bonds. The first-order valence-electron chi connectivity index (χ1n) is 5.68. The van der Waals surface area contributed by atoms with E-state index in [0.29, 0.717) is 5.56 Å². The lowest BCUT2D eigenvalue weighted by atomic mass is 10.2. The van der Waals surface area contributed by atoms with E-state index in [1.165, 1.54) is 23.0 Å². The predicted molar refractivity (Wildman–Crippen MR) is 69.7 cm³/mol. The van der Waals surface area contributed by atoms with Crippen molar-refractivity contribution in [2.75, 3.05) is 0 Å². The van der Waals surface area contributed by atoms with Gasteiger partial charge in [0.15, 0.2) is 0 Å². The van der Waals surface area contributed by atoms with E-state index in [2.05, 4.69) is 15.6 Å². The number of nitrogens with two attached hydrogens (primary N) is 1. The number of hydrogen-bond acceptors (Lipinski definition) is 5. The van der Waals surface area contributed by atoms with Crippen molar-refractivity contribution < 1.29 is 13.2 Å². The molecule has 2 rings (SSSR count). The van der Waals surface area contributed by atoms with E-state index in [9.17, 15) is 13.2 Å². The molecule has 20 heavy (non-hydrogen) atoms. The second-order valence-electron chi connectivity index (χ2n) is 4.07. The number of hydrogen-bond donors (Lipinski definition) is 2. The van der Waals surface area contributed by atoms with Crippen molar-refractivity contribution in [3.05, 3.63) is 42.2 Å². The first-order valence-corrected chi connectivity index (χ1v) is 7.22. The monoisotopic (exact) mass is 295 g/mol. The number of amides is 1. The summed E-state index contributed by atoms with van der Waals surface area (Å²) in [5.41, 5.74) is 0.642. The summed E-state index contributed by atoms with van der Waals surface area (Å²) < 4.78 is 23.8. The highest BCUT2D eigenvalue weighted by atomic mass is 32.2. The van der Waals surface area contributed by atoms with Gasteiger partial charge in [0.2, 0.25) is 15.9 Å². The van der Waals surface area contributed by atoms with E-state index in [1.54, 1.807) is 18.3 Å². The second kappa shape index (κ2) is 5.80. The Morgan fingerprint density at radius 2 is 2.20 bits per heavy atom. The lowest BCUT2D eigenvalue weighted by Gasteiger charge is -2.06. The topological polar surface area (TPSA) is 120 Å². The van der Waals surface area contributed by atoms with E-state index in [4.69, 9.17) is 5.14 Å². The number of sulfonamides is 1. The highest BCUT2D eigenvalue weighted by Crippen LogP contribution is 2.09. The molecule has 0 bridgehead atoms. The average Bonchev–Trinajstić information content (AvgIpc) is 2.88. The Hall–Kier alpha value is -2.26. The molecule has 3 N–H and O–H groups in total. The van der Waals surface area contributed by atoms with Crippen molar-refractivity contribution in [1.82, 2.24) is 20.3 Å². The highest BCUT2D eigenvalue weighted by molar-refractivity contribution is 7.89. The van der Waals surface area contributed by atoms with E-state index >= 15 is 0 Å². The molecule has 0 aliphatic heterocycles. The molecule has 0 radical (unpaired) electrons. The normalized spacial score (nSPS) is 11.2. The molecule has 1 aromatic carbocycles. The van der Waals surface area contributed by atoms with Crippen LogP contribution in [0.4, 0.5) is 0 Å². The maximum atomic E-state index is 11.6. The van der Waals surface area contributed by atoms with E-state index in [0.717, 1.165) is 0 Å². The van der Waals surface area contributed by atoms with Crippen molar-refractivity contribution in [2.24, 2.45) is 5.14 Å². The molecule has 0 saturated carbocycles.